The Balaban J connectivity index is 1.35. The first-order chi connectivity index (χ1) is 17.9. The Morgan fingerprint density at radius 1 is 0.333 bits per heavy atom. The van der Waals surface area contributed by atoms with Crippen molar-refractivity contribution in [1.29, 1.82) is 0 Å². The summed E-state index contributed by atoms with van der Waals surface area (Å²) < 4.78 is 12.1. The number of hydrogen-bond donors (Lipinski definition) is 0. The van der Waals surface area contributed by atoms with Crippen molar-refractivity contribution in [3.8, 4) is 11.5 Å². The molecular weight excluding hydrogens is 440 g/mol. The lowest BCUT2D eigenvalue weighted by Gasteiger charge is -2.11. The largest absolute Gasteiger partial charge is 0.464 e. The standard InChI is InChI=1S/C34H26O2/c1-5-13-27(14-6-1)33(28-15-7-2-8-16-28)25-35-31-21-23-32(24-22-31)36-26-34(29-17-9-3-10-18-29)30-19-11-4-12-20-30/h1-26H. The van der Waals surface area contributed by atoms with Crippen LogP contribution in [-0.2, 0) is 0 Å². The fourth-order valence-corrected chi connectivity index (χ4v) is 3.93. The van der Waals surface area contributed by atoms with Crippen molar-refractivity contribution in [1.82, 2.24) is 0 Å². The van der Waals surface area contributed by atoms with Gasteiger partial charge in [-0.05, 0) is 46.5 Å². The molecule has 0 spiro atoms. The Labute approximate surface area is 212 Å². The lowest BCUT2D eigenvalue weighted by molar-refractivity contribution is 0.470. The summed E-state index contributed by atoms with van der Waals surface area (Å²) in [5.41, 5.74) is 6.45. The second-order valence-corrected chi connectivity index (χ2v) is 8.23. The van der Waals surface area contributed by atoms with Crippen LogP contribution < -0.4 is 9.47 Å². The van der Waals surface area contributed by atoms with Crippen molar-refractivity contribution in [2.45, 2.75) is 0 Å². The van der Waals surface area contributed by atoms with E-state index in [1.54, 1.807) is 0 Å². The molecule has 0 unspecified atom stereocenters. The molecule has 174 valence electrons. The van der Waals surface area contributed by atoms with Crippen molar-refractivity contribution in [2.75, 3.05) is 0 Å². The first-order valence-corrected chi connectivity index (χ1v) is 11.9. The molecule has 0 radical (unpaired) electrons. The Morgan fingerprint density at radius 2 is 0.583 bits per heavy atom. The molecule has 0 saturated heterocycles. The third kappa shape index (κ3) is 5.81. The topological polar surface area (TPSA) is 18.5 Å². The molecular formula is C34H26O2. The molecule has 0 aliphatic rings. The predicted molar refractivity (Wildman–Crippen MR) is 148 cm³/mol. The number of hydrogen-bond acceptors (Lipinski definition) is 2. The third-order valence-electron chi connectivity index (χ3n) is 5.79. The van der Waals surface area contributed by atoms with E-state index in [2.05, 4.69) is 48.5 Å². The summed E-state index contributed by atoms with van der Waals surface area (Å²) in [5.74, 6) is 1.48. The summed E-state index contributed by atoms with van der Waals surface area (Å²) in [7, 11) is 0. The van der Waals surface area contributed by atoms with Crippen molar-refractivity contribution in [3.63, 3.8) is 0 Å². The van der Waals surface area contributed by atoms with Gasteiger partial charge in [-0.2, -0.15) is 0 Å². The summed E-state index contributed by atoms with van der Waals surface area (Å²) in [6, 6.07) is 48.7. The van der Waals surface area contributed by atoms with Gasteiger partial charge in [-0.3, -0.25) is 0 Å². The number of ether oxygens (including phenoxy) is 2. The van der Waals surface area contributed by atoms with Crippen molar-refractivity contribution in [2.24, 2.45) is 0 Å². The lowest BCUT2D eigenvalue weighted by atomic mass is 9.99. The van der Waals surface area contributed by atoms with Crippen LogP contribution in [0, 0.1) is 0 Å². The van der Waals surface area contributed by atoms with Gasteiger partial charge in [0.1, 0.15) is 11.5 Å². The zero-order valence-electron chi connectivity index (χ0n) is 19.8. The van der Waals surface area contributed by atoms with Crippen LogP contribution in [0.4, 0.5) is 0 Å². The molecule has 2 heteroatoms. The highest BCUT2D eigenvalue weighted by molar-refractivity contribution is 5.80. The molecule has 0 aliphatic carbocycles. The van der Waals surface area contributed by atoms with Gasteiger partial charge in [0.05, 0.1) is 12.5 Å². The molecule has 0 aliphatic heterocycles. The second kappa shape index (κ2) is 11.5. The zero-order valence-corrected chi connectivity index (χ0v) is 19.8. The van der Waals surface area contributed by atoms with E-state index < -0.39 is 0 Å². The summed E-state index contributed by atoms with van der Waals surface area (Å²) in [6.45, 7) is 0. The SMILES string of the molecule is C(Oc1ccc(OC=C(c2ccccc2)c2ccccc2)cc1)=C(c1ccccc1)c1ccccc1. The lowest BCUT2D eigenvalue weighted by Crippen LogP contribution is -1.93. The fraction of sp³-hybridized carbons (Fsp3) is 0. The molecule has 0 saturated carbocycles. The molecule has 0 aromatic heterocycles. The highest BCUT2D eigenvalue weighted by Crippen LogP contribution is 2.27. The minimum Gasteiger partial charge on any atom is -0.464 e. The van der Waals surface area contributed by atoms with Gasteiger partial charge >= 0.3 is 0 Å². The monoisotopic (exact) mass is 466 g/mol. The summed E-state index contributed by atoms with van der Waals surface area (Å²) in [5, 5.41) is 0. The average molecular weight is 467 g/mol. The van der Waals surface area contributed by atoms with E-state index in [1.165, 1.54) is 0 Å². The van der Waals surface area contributed by atoms with Crippen LogP contribution in [-0.4, -0.2) is 0 Å². The van der Waals surface area contributed by atoms with Gasteiger partial charge in [0.25, 0.3) is 0 Å². The van der Waals surface area contributed by atoms with Gasteiger partial charge in [0, 0.05) is 11.1 Å². The maximum absolute atomic E-state index is 6.06. The molecule has 0 atom stereocenters. The van der Waals surface area contributed by atoms with Crippen LogP contribution in [0.15, 0.2) is 158 Å². The van der Waals surface area contributed by atoms with Gasteiger partial charge in [0.15, 0.2) is 0 Å². The average Bonchev–Trinajstić information content (AvgIpc) is 2.96. The number of rotatable bonds is 8. The van der Waals surface area contributed by atoms with E-state index in [0.29, 0.717) is 0 Å². The predicted octanol–water partition coefficient (Wildman–Crippen LogP) is 8.62. The Hall–Kier alpha value is -4.82. The van der Waals surface area contributed by atoms with E-state index in [9.17, 15) is 0 Å². The van der Waals surface area contributed by atoms with Crippen LogP contribution >= 0.6 is 0 Å². The summed E-state index contributed by atoms with van der Waals surface area (Å²) >= 11 is 0. The Morgan fingerprint density at radius 3 is 0.833 bits per heavy atom. The molecule has 0 amide bonds. The first-order valence-electron chi connectivity index (χ1n) is 11.9. The second-order valence-electron chi connectivity index (χ2n) is 8.23. The van der Waals surface area contributed by atoms with Gasteiger partial charge in [0.2, 0.25) is 0 Å². The molecule has 5 aromatic carbocycles. The maximum atomic E-state index is 6.06. The molecule has 0 heterocycles. The summed E-state index contributed by atoms with van der Waals surface area (Å²) in [4.78, 5) is 0. The molecule has 5 rings (SSSR count). The van der Waals surface area contributed by atoms with Gasteiger partial charge in [-0.25, -0.2) is 0 Å². The zero-order chi connectivity index (χ0) is 24.4. The van der Waals surface area contributed by atoms with Gasteiger partial charge in [-0.1, -0.05) is 121 Å². The Bertz CT molecular complexity index is 1220. The Kier molecular flexibility index (Phi) is 7.36. The van der Waals surface area contributed by atoms with Gasteiger partial charge in [-0.15, -0.1) is 0 Å². The van der Waals surface area contributed by atoms with Crippen LogP contribution in [0.5, 0.6) is 11.5 Å². The molecule has 0 bridgehead atoms. The van der Waals surface area contributed by atoms with E-state index >= 15 is 0 Å². The van der Waals surface area contributed by atoms with Gasteiger partial charge < -0.3 is 9.47 Å². The highest BCUT2D eigenvalue weighted by Gasteiger charge is 2.07. The van der Waals surface area contributed by atoms with E-state index in [1.807, 2.05) is 110 Å². The van der Waals surface area contributed by atoms with E-state index in [4.69, 9.17) is 9.47 Å². The minimum atomic E-state index is 0.738. The van der Waals surface area contributed by atoms with Crippen LogP contribution in [0.3, 0.4) is 0 Å². The maximum Gasteiger partial charge on any atom is 0.126 e. The number of benzene rings is 5. The van der Waals surface area contributed by atoms with Crippen LogP contribution in [0.2, 0.25) is 0 Å². The van der Waals surface area contributed by atoms with Crippen molar-refractivity contribution >= 4 is 11.1 Å². The molecule has 2 nitrogen and oxygen atoms in total. The normalized spacial score (nSPS) is 10.2. The molecule has 0 fully saturated rings. The molecule has 0 N–H and O–H groups in total. The summed E-state index contributed by atoms with van der Waals surface area (Å²) in [6.07, 6.45) is 3.62. The van der Waals surface area contributed by atoms with E-state index in [0.717, 1.165) is 44.9 Å². The van der Waals surface area contributed by atoms with Crippen molar-refractivity contribution in [3.05, 3.63) is 180 Å². The smallest absolute Gasteiger partial charge is 0.126 e. The van der Waals surface area contributed by atoms with Crippen LogP contribution in [0.25, 0.3) is 11.1 Å². The first kappa shape index (κ1) is 22.9. The minimum absolute atomic E-state index is 0.738. The highest BCUT2D eigenvalue weighted by atomic mass is 16.5. The van der Waals surface area contributed by atoms with Crippen LogP contribution in [0.1, 0.15) is 22.3 Å². The van der Waals surface area contributed by atoms with Crippen molar-refractivity contribution < 1.29 is 9.47 Å². The quantitative estimate of drug-likeness (QED) is 0.213. The fourth-order valence-electron chi connectivity index (χ4n) is 3.93. The third-order valence-corrected chi connectivity index (χ3v) is 5.79. The molecule has 5 aromatic rings. The van der Waals surface area contributed by atoms with E-state index in [-0.39, 0.29) is 0 Å². The molecule has 36 heavy (non-hydrogen) atoms.